The molecule has 0 aromatic carbocycles. The maximum Gasteiger partial charge on any atom is 0.307 e. The van der Waals surface area contributed by atoms with Gasteiger partial charge in [0.05, 0.1) is 11.2 Å². The van der Waals surface area contributed by atoms with E-state index in [2.05, 4.69) is 0 Å². The van der Waals surface area contributed by atoms with Gasteiger partial charge in [-0.15, -0.1) is 0 Å². The van der Waals surface area contributed by atoms with Crippen LogP contribution in [0.4, 0.5) is 0 Å². The van der Waals surface area contributed by atoms with E-state index in [4.69, 9.17) is 5.11 Å². The van der Waals surface area contributed by atoms with Gasteiger partial charge in [-0.2, -0.15) is 0 Å². The summed E-state index contributed by atoms with van der Waals surface area (Å²) < 4.78 is 22.0. The molecule has 0 aliphatic heterocycles. The van der Waals surface area contributed by atoms with Gasteiger partial charge in [-0.3, -0.25) is 4.79 Å². The summed E-state index contributed by atoms with van der Waals surface area (Å²) in [7, 11) is -3.10. The highest BCUT2D eigenvalue weighted by molar-refractivity contribution is 7.92. The van der Waals surface area contributed by atoms with Crippen molar-refractivity contribution in [3.05, 3.63) is 0 Å². The number of hydrogen-bond acceptors (Lipinski definition) is 3. The smallest absolute Gasteiger partial charge is 0.307 e. The summed E-state index contributed by atoms with van der Waals surface area (Å²) in [4.78, 5) is 10.3. The maximum atomic E-state index is 11.0. The lowest BCUT2D eigenvalue weighted by atomic mass is 10.4. The third kappa shape index (κ3) is 1.53. The molecule has 1 aliphatic rings. The van der Waals surface area contributed by atoms with Gasteiger partial charge in [0, 0.05) is 5.75 Å². The second-order valence-electron chi connectivity index (χ2n) is 2.67. The summed E-state index contributed by atoms with van der Waals surface area (Å²) in [5.41, 5.74) is 0. The van der Waals surface area contributed by atoms with E-state index in [-0.39, 0.29) is 5.75 Å². The Hall–Kier alpha value is -0.580. The molecule has 64 valence electrons. The van der Waals surface area contributed by atoms with E-state index >= 15 is 0 Å². The van der Waals surface area contributed by atoms with Gasteiger partial charge in [-0.1, -0.05) is 6.92 Å². The van der Waals surface area contributed by atoms with Crippen molar-refractivity contribution in [1.82, 2.24) is 0 Å². The van der Waals surface area contributed by atoms with Crippen molar-refractivity contribution >= 4 is 15.8 Å². The molecule has 0 bridgehead atoms. The number of carbonyl (C=O) groups is 1. The van der Waals surface area contributed by atoms with Crippen molar-refractivity contribution in [2.24, 2.45) is 5.92 Å². The second-order valence-corrected chi connectivity index (χ2v) is 5.18. The van der Waals surface area contributed by atoms with Crippen LogP contribution in [0.1, 0.15) is 13.3 Å². The minimum absolute atomic E-state index is 0.0431. The van der Waals surface area contributed by atoms with Crippen LogP contribution in [-0.2, 0) is 14.6 Å². The highest BCUT2D eigenvalue weighted by Gasteiger charge is 2.50. The molecule has 0 aromatic heterocycles. The number of carboxylic acids is 1. The molecule has 0 aromatic rings. The molecule has 5 heteroatoms. The lowest BCUT2D eigenvalue weighted by Gasteiger charge is -1.95. The van der Waals surface area contributed by atoms with Gasteiger partial charge in [0.2, 0.25) is 0 Å². The van der Waals surface area contributed by atoms with Crippen molar-refractivity contribution in [2.75, 3.05) is 5.75 Å². The Labute approximate surface area is 65.1 Å². The maximum absolute atomic E-state index is 11.0. The zero-order valence-electron chi connectivity index (χ0n) is 6.15. The molecular weight excluding hydrogens is 168 g/mol. The average molecular weight is 178 g/mol. The van der Waals surface area contributed by atoms with Gasteiger partial charge in [0.1, 0.15) is 0 Å². The molecule has 0 heterocycles. The molecular formula is C6H10O4S. The van der Waals surface area contributed by atoms with Crippen molar-refractivity contribution in [3.63, 3.8) is 0 Å². The molecule has 1 rings (SSSR count). The minimum atomic E-state index is -3.10. The summed E-state index contributed by atoms with van der Waals surface area (Å²) in [5.74, 6) is -1.59. The minimum Gasteiger partial charge on any atom is -0.481 e. The first-order valence-electron chi connectivity index (χ1n) is 3.43. The number of sulfone groups is 1. The fourth-order valence-electron chi connectivity index (χ4n) is 1.04. The van der Waals surface area contributed by atoms with Crippen molar-refractivity contribution in [3.8, 4) is 0 Å². The monoisotopic (exact) mass is 178 g/mol. The topological polar surface area (TPSA) is 71.4 Å². The lowest BCUT2D eigenvalue weighted by Crippen LogP contribution is -2.14. The van der Waals surface area contributed by atoms with E-state index in [1.54, 1.807) is 0 Å². The first-order valence-corrected chi connectivity index (χ1v) is 5.15. The predicted octanol–water partition coefficient (Wildman–Crippen LogP) is -0.106. The number of carboxylic acid groups (broad SMARTS) is 1. The number of aliphatic carboxylic acids is 1. The summed E-state index contributed by atoms with van der Waals surface area (Å²) in [6.07, 6.45) is 0.297. The van der Waals surface area contributed by atoms with E-state index < -0.39 is 27.0 Å². The highest BCUT2D eigenvalue weighted by atomic mass is 32.2. The molecule has 0 spiro atoms. The standard InChI is InChI=1S/C6H10O4S/c1-2-11(9,10)5-3-4(5)6(7)8/h4-5H,2-3H2,1H3,(H,7,8)/t4-,5+/m1/s1. The van der Waals surface area contributed by atoms with E-state index in [1.165, 1.54) is 6.92 Å². The molecule has 4 nitrogen and oxygen atoms in total. The van der Waals surface area contributed by atoms with Crippen LogP contribution in [0.2, 0.25) is 0 Å². The zero-order valence-corrected chi connectivity index (χ0v) is 6.97. The molecule has 1 fully saturated rings. The van der Waals surface area contributed by atoms with Gasteiger partial charge >= 0.3 is 5.97 Å². The van der Waals surface area contributed by atoms with Gasteiger partial charge in [-0.25, -0.2) is 8.42 Å². The summed E-state index contributed by atoms with van der Waals surface area (Å²) >= 11 is 0. The van der Waals surface area contributed by atoms with Crippen LogP contribution in [0.5, 0.6) is 0 Å². The van der Waals surface area contributed by atoms with Crippen LogP contribution in [-0.4, -0.2) is 30.5 Å². The third-order valence-electron chi connectivity index (χ3n) is 1.91. The van der Waals surface area contributed by atoms with Crippen molar-refractivity contribution < 1.29 is 18.3 Å². The third-order valence-corrected chi connectivity index (χ3v) is 4.16. The van der Waals surface area contributed by atoms with Crippen LogP contribution in [0.25, 0.3) is 0 Å². The molecule has 0 radical (unpaired) electrons. The fourth-order valence-corrected chi connectivity index (χ4v) is 2.59. The van der Waals surface area contributed by atoms with E-state index in [0.717, 1.165) is 0 Å². The second kappa shape index (κ2) is 2.48. The number of hydrogen-bond donors (Lipinski definition) is 1. The summed E-state index contributed by atoms with van der Waals surface area (Å²) in [6.45, 7) is 1.53. The summed E-state index contributed by atoms with van der Waals surface area (Å²) in [6, 6.07) is 0. The molecule has 0 amide bonds. The first kappa shape index (κ1) is 8.52. The molecule has 1 aliphatic carbocycles. The van der Waals surface area contributed by atoms with Gasteiger partial charge in [-0.05, 0) is 6.42 Å². The van der Waals surface area contributed by atoms with E-state index in [1.807, 2.05) is 0 Å². The molecule has 1 N–H and O–H groups in total. The Morgan fingerprint density at radius 3 is 2.45 bits per heavy atom. The molecule has 2 atom stereocenters. The summed E-state index contributed by atoms with van der Waals surface area (Å²) in [5, 5.41) is 7.81. The number of rotatable bonds is 3. The SMILES string of the molecule is CCS(=O)(=O)[C@H]1C[C@H]1C(=O)O. The molecule has 0 saturated heterocycles. The van der Waals surface area contributed by atoms with Gasteiger partial charge in [0.15, 0.2) is 9.84 Å². The van der Waals surface area contributed by atoms with Crippen LogP contribution in [0.15, 0.2) is 0 Å². The van der Waals surface area contributed by atoms with Crippen molar-refractivity contribution in [1.29, 1.82) is 0 Å². The normalized spacial score (nSPS) is 29.9. The first-order chi connectivity index (χ1) is 4.99. The van der Waals surface area contributed by atoms with Crippen molar-refractivity contribution in [2.45, 2.75) is 18.6 Å². The largest absolute Gasteiger partial charge is 0.481 e. The lowest BCUT2D eigenvalue weighted by molar-refractivity contribution is -0.138. The van der Waals surface area contributed by atoms with Crippen LogP contribution in [0.3, 0.4) is 0 Å². The van der Waals surface area contributed by atoms with E-state index in [0.29, 0.717) is 6.42 Å². The van der Waals surface area contributed by atoms with Crippen LogP contribution >= 0.6 is 0 Å². The van der Waals surface area contributed by atoms with Crippen LogP contribution < -0.4 is 0 Å². The highest BCUT2D eigenvalue weighted by Crippen LogP contribution is 2.37. The Kier molecular flexibility index (Phi) is 1.92. The Morgan fingerprint density at radius 1 is 1.64 bits per heavy atom. The Balaban J connectivity index is 2.64. The average Bonchev–Trinajstić information content (AvgIpc) is 2.65. The molecule has 0 unspecified atom stereocenters. The molecule has 11 heavy (non-hydrogen) atoms. The quantitative estimate of drug-likeness (QED) is 0.654. The Morgan fingerprint density at radius 2 is 2.18 bits per heavy atom. The zero-order chi connectivity index (χ0) is 8.65. The van der Waals surface area contributed by atoms with Gasteiger partial charge < -0.3 is 5.11 Å². The van der Waals surface area contributed by atoms with Gasteiger partial charge in [0.25, 0.3) is 0 Å². The fraction of sp³-hybridized carbons (Fsp3) is 0.833. The van der Waals surface area contributed by atoms with Crippen LogP contribution in [0, 0.1) is 5.92 Å². The Bertz CT molecular complexity index is 266. The molecule has 1 saturated carbocycles. The predicted molar refractivity (Wildman–Crippen MR) is 39.0 cm³/mol. The van der Waals surface area contributed by atoms with E-state index in [9.17, 15) is 13.2 Å².